The number of hydrogen-bond acceptors (Lipinski definition) is 4. The van der Waals surface area contributed by atoms with Crippen LogP contribution in [0.15, 0.2) is 73.3 Å². The Morgan fingerprint density at radius 3 is 2.50 bits per heavy atom. The third kappa shape index (κ3) is 4.09. The van der Waals surface area contributed by atoms with Crippen molar-refractivity contribution in [2.45, 2.75) is 31.8 Å². The van der Waals surface area contributed by atoms with E-state index >= 15 is 0 Å². The molecule has 3 aromatic rings. The highest BCUT2D eigenvalue weighted by atomic mass is 16.3. The topological polar surface area (TPSA) is 54.2 Å². The summed E-state index contributed by atoms with van der Waals surface area (Å²) in [5, 5.41) is 20.7. The van der Waals surface area contributed by atoms with E-state index in [1.165, 1.54) is 5.56 Å². The fraction of sp³-hybridized carbons (Fsp3) is 0.360. The summed E-state index contributed by atoms with van der Waals surface area (Å²) < 4.78 is 2.00. The van der Waals surface area contributed by atoms with Gasteiger partial charge in [0, 0.05) is 31.2 Å². The smallest absolute Gasteiger partial charge is 0.170 e. The molecular formula is C25H30N4O. The maximum absolute atomic E-state index is 11.9. The number of rotatable bonds is 7. The van der Waals surface area contributed by atoms with Gasteiger partial charge in [-0.05, 0) is 43.9 Å². The highest BCUT2D eigenvalue weighted by Gasteiger charge is 2.46. The summed E-state index contributed by atoms with van der Waals surface area (Å²) in [6.07, 6.45) is 4.29. The molecule has 30 heavy (non-hydrogen) atoms. The largest absolute Gasteiger partial charge is 0.381 e. The van der Waals surface area contributed by atoms with Crippen LogP contribution in [0.25, 0.3) is 5.69 Å². The normalized spacial score (nSPS) is 22.1. The van der Waals surface area contributed by atoms with Crippen molar-refractivity contribution in [1.82, 2.24) is 19.7 Å². The van der Waals surface area contributed by atoms with Crippen LogP contribution in [0.5, 0.6) is 0 Å². The molecule has 0 bridgehead atoms. The fourth-order valence-electron chi connectivity index (χ4n) is 4.52. The van der Waals surface area contributed by atoms with Crippen LogP contribution in [-0.4, -0.2) is 44.4 Å². The fourth-order valence-corrected chi connectivity index (χ4v) is 4.52. The molecule has 1 aliphatic rings. The Morgan fingerprint density at radius 1 is 1.10 bits per heavy atom. The van der Waals surface area contributed by atoms with E-state index in [9.17, 15) is 5.11 Å². The zero-order chi connectivity index (χ0) is 21.0. The Kier molecular flexibility index (Phi) is 6.11. The van der Waals surface area contributed by atoms with E-state index in [0.29, 0.717) is 12.2 Å². The molecular weight excluding hydrogens is 372 g/mol. The van der Waals surface area contributed by atoms with Crippen LogP contribution in [0, 0.1) is 12.8 Å². The van der Waals surface area contributed by atoms with Crippen LogP contribution in [0.4, 0.5) is 0 Å². The average Bonchev–Trinajstić information content (AvgIpc) is 3.18. The second-order valence-electron chi connectivity index (χ2n) is 8.17. The van der Waals surface area contributed by atoms with Gasteiger partial charge >= 0.3 is 0 Å². The van der Waals surface area contributed by atoms with Gasteiger partial charge in [0.25, 0.3) is 0 Å². The van der Waals surface area contributed by atoms with Gasteiger partial charge in [0.2, 0.25) is 0 Å². The number of piperidine rings is 1. The number of hydrogen-bond donors (Lipinski definition) is 1. The Labute approximate surface area is 178 Å². The summed E-state index contributed by atoms with van der Waals surface area (Å²) in [5.74, 6) is 1.44. The monoisotopic (exact) mass is 402 g/mol. The molecule has 1 aromatic heterocycles. The lowest BCUT2D eigenvalue weighted by Gasteiger charge is -2.44. The molecule has 2 heterocycles. The van der Waals surface area contributed by atoms with Crippen LogP contribution in [-0.2, 0) is 12.0 Å². The number of para-hydroxylation sites is 1. The van der Waals surface area contributed by atoms with Crippen molar-refractivity contribution in [1.29, 1.82) is 0 Å². The lowest BCUT2D eigenvalue weighted by molar-refractivity contribution is -0.0841. The van der Waals surface area contributed by atoms with Gasteiger partial charge in [-0.1, -0.05) is 54.6 Å². The first-order valence-electron chi connectivity index (χ1n) is 10.7. The van der Waals surface area contributed by atoms with Gasteiger partial charge in [-0.15, -0.1) is 16.8 Å². The number of aryl methyl sites for hydroxylation is 1. The molecule has 0 aliphatic carbocycles. The summed E-state index contributed by atoms with van der Waals surface area (Å²) in [7, 11) is 0. The quantitative estimate of drug-likeness (QED) is 0.609. The van der Waals surface area contributed by atoms with Crippen LogP contribution < -0.4 is 0 Å². The molecule has 5 heteroatoms. The van der Waals surface area contributed by atoms with Crippen molar-refractivity contribution in [3.05, 3.63) is 90.5 Å². The van der Waals surface area contributed by atoms with Gasteiger partial charge in [0.15, 0.2) is 5.82 Å². The SMILES string of the molecule is C=CC[C@@H]1CN(CCc2ccccc2)CC[C@]1(O)c1nnc(C)n1-c1ccccc1. The third-order valence-electron chi connectivity index (χ3n) is 6.20. The maximum atomic E-state index is 11.9. The molecule has 0 saturated carbocycles. The molecule has 1 saturated heterocycles. The molecule has 0 unspecified atom stereocenters. The van der Waals surface area contributed by atoms with E-state index in [1.54, 1.807) is 0 Å². The zero-order valence-electron chi connectivity index (χ0n) is 17.6. The van der Waals surface area contributed by atoms with Crippen molar-refractivity contribution in [3.63, 3.8) is 0 Å². The molecule has 2 atom stereocenters. The molecule has 1 fully saturated rings. The van der Waals surface area contributed by atoms with E-state index < -0.39 is 5.60 Å². The molecule has 0 spiro atoms. The average molecular weight is 403 g/mol. The highest BCUT2D eigenvalue weighted by Crippen LogP contribution is 2.39. The van der Waals surface area contributed by atoms with Gasteiger partial charge in [0.05, 0.1) is 0 Å². The van der Waals surface area contributed by atoms with Crippen LogP contribution in [0.2, 0.25) is 0 Å². The van der Waals surface area contributed by atoms with E-state index in [2.05, 4.69) is 52.0 Å². The van der Waals surface area contributed by atoms with Crippen LogP contribution >= 0.6 is 0 Å². The molecule has 1 N–H and O–H groups in total. The second kappa shape index (κ2) is 8.94. The summed E-state index contributed by atoms with van der Waals surface area (Å²) in [6, 6.07) is 20.6. The minimum atomic E-state index is -1.03. The lowest BCUT2D eigenvalue weighted by atomic mass is 9.78. The standard InChI is InChI=1S/C25H30N4O/c1-3-10-22-19-28(17-15-21-11-6-4-7-12-21)18-16-25(22,30)24-27-26-20(2)29(24)23-13-8-5-9-14-23/h3-9,11-14,22,30H,1,10,15-19H2,2H3/t22-,25-/m1/s1. The summed E-state index contributed by atoms with van der Waals surface area (Å²) in [4.78, 5) is 2.45. The van der Waals surface area contributed by atoms with Gasteiger partial charge in [0.1, 0.15) is 11.4 Å². The molecule has 4 rings (SSSR count). The zero-order valence-corrected chi connectivity index (χ0v) is 17.6. The predicted octanol–water partition coefficient (Wildman–Crippen LogP) is 3.90. The Bertz CT molecular complexity index is 969. The summed E-state index contributed by atoms with van der Waals surface area (Å²) in [5.41, 5.74) is 1.29. The van der Waals surface area contributed by atoms with Crippen molar-refractivity contribution in [2.75, 3.05) is 19.6 Å². The number of allylic oxidation sites excluding steroid dienone is 1. The Balaban J connectivity index is 1.57. The molecule has 5 nitrogen and oxygen atoms in total. The number of aromatic nitrogens is 3. The van der Waals surface area contributed by atoms with E-state index in [-0.39, 0.29) is 5.92 Å². The van der Waals surface area contributed by atoms with Gasteiger partial charge < -0.3 is 10.0 Å². The van der Waals surface area contributed by atoms with Gasteiger partial charge in [-0.3, -0.25) is 4.57 Å². The van der Waals surface area contributed by atoms with Gasteiger partial charge in [-0.25, -0.2) is 0 Å². The number of likely N-dealkylation sites (tertiary alicyclic amines) is 1. The van der Waals surface area contributed by atoms with E-state index in [1.807, 2.05) is 47.9 Å². The first-order valence-corrected chi connectivity index (χ1v) is 10.7. The van der Waals surface area contributed by atoms with Crippen molar-refractivity contribution >= 4 is 0 Å². The van der Waals surface area contributed by atoms with Crippen molar-refractivity contribution < 1.29 is 5.11 Å². The van der Waals surface area contributed by atoms with E-state index in [4.69, 9.17) is 0 Å². The minimum Gasteiger partial charge on any atom is -0.381 e. The lowest BCUT2D eigenvalue weighted by Crippen LogP contribution is -2.51. The van der Waals surface area contributed by atoms with Crippen LogP contribution in [0.1, 0.15) is 30.1 Å². The number of aliphatic hydroxyl groups is 1. The Hall–Kier alpha value is -2.76. The maximum Gasteiger partial charge on any atom is 0.170 e. The first-order chi connectivity index (χ1) is 14.6. The third-order valence-corrected chi connectivity index (χ3v) is 6.20. The van der Waals surface area contributed by atoms with Crippen molar-refractivity contribution in [2.24, 2.45) is 5.92 Å². The first kappa shape index (κ1) is 20.5. The molecule has 0 radical (unpaired) electrons. The number of benzene rings is 2. The number of nitrogens with zero attached hydrogens (tertiary/aromatic N) is 4. The highest BCUT2D eigenvalue weighted by molar-refractivity contribution is 5.35. The minimum absolute atomic E-state index is 0.0191. The second-order valence-corrected chi connectivity index (χ2v) is 8.17. The summed E-state index contributed by atoms with van der Waals surface area (Å²) in [6.45, 7) is 8.51. The predicted molar refractivity (Wildman–Crippen MR) is 119 cm³/mol. The molecule has 156 valence electrons. The van der Waals surface area contributed by atoms with E-state index in [0.717, 1.165) is 44.0 Å². The summed E-state index contributed by atoms with van der Waals surface area (Å²) >= 11 is 0. The van der Waals surface area contributed by atoms with Gasteiger partial charge in [-0.2, -0.15) is 0 Å². The Morgan fingerprint density at radius 2 is 1.80 bits per heavy atom. The molecule has 1 aliphatic heterocycles. The molecule has 2 aromatic carbocycles. The van der Waals surface area contributed by atoms with Crippen LogP contribution in [0.3, 0.4) is 0 Å². The van der Waals surface area contributed by atoms with Crippen molar-refractivity contribution in [3.8, 4) is 5.69 Å². The molecule has 0 amide bonds.